The second kappa shape index (κ2) is 5.78. The molecule has 1 saturated carbocycles. The van der Waals surface area contributed by atoms with Crippen molar-refractivity contribution in [1.82, 2.24) is 24.1 Å². The van der Waals surface area contributed by atoms with Crippen LogP contribution in [0.25, 0.3) is 11.4 Å². The maximum Gasteiger partial charge on any atom is 0.208 e. The molecule has 0 aliphatic heterocycles. The summed E-state index contributed by atoms with van der Waals surface area (Å²) in [7, 11) is 0. The molecular formula is C15H13N7S. The minimum atomic E-state index is 0.525. The second-order valence-electron chi connectivity index (χ2n) is 5.49. The predicted molar refractivity (Wildman–Crippen MR) is 86.1 cm³/mol. The van der Waals surface area contributed by atoms with Crippen molar-refractivity contribution in [2.45, 2.75) is 19.4 Å². The summed E-state index contributed by atoms with van der Waals surface area (Å²) in [6.07, 6.45) is 7.91. The summed E-state index contributed by atoms with van der Waals surface area (Å²) in [4.78, 5) is 8.62. The van der Waals surface area contributed by atoms with E-state index in [1.54, 1.807) is 18.3 Å². The topological polar surface area (TPSA) is 92.3 Å². The number of nitriles is 1. The summed E-state index contributed by atoms with van der Waals surface area (Å²) in [5.74, 6) is 2.08. The first-order valence-corrected chi connectivity index (χ1v) is 8.07. The molecule has 1 fully saturated rings. The van der Waals surface area contributed by atoms with Crippen molar-refractivity contribution in [2.24, 2.45) is 5.92 Å². The number of hydrogen-bond donors (Lipinski definition) is 1. The number of nitrogens with one attached hydrogen (secondary N) is 1. The molecule has 23 heavy (non-hydrogen) atoms. The number of aromatic nitrogens is 5. The van der Waals surface area contributed by atoms with Gasteiger partial charge in [0.05, 0.1) is 17.3 Å². The van der Waals surface area contributed by atoms with E-state index in [-0.39, 0.29) is 0 Å². The lowest BCUT2D eigenvalue weighted by Gasteiger charge is -1.99. The second-order valence-corrected chi connectivity index (χ2v) is 6.24. The fourth-order valence-corrected chi connectivity index (χ4v) is 2.78. The smallest absolute Gasteiger partial charge is 0.208 e. The van der Waals surface area contributed by atoms with E-state index in [0.29, 0.717) is 22.3 Å². The van der Waals surface area contributed by atoms with Crippen LogP contribution >= 0.6 is 11.5 Å². The Bertz CT molecular complexity index is 855. The van der Waals surface area contributed by atoms with Gasteiger partial charge in [-0.15, -0.1) is 0 Å². The molecule has 8 heteroatoms. The standard InChI is InChI=1S/C15H13N7S/c16-5-11-3-4-13(17-6-11)19-15-20-14(21-23-15)12-7-18-22(9-12)8-10-1-2-10/h3-4,6-7,9-10H,1-2,8H2,(H,17,19,20,21). The van der Waals surface area contributed by atoms with Crippen LogP contribution in [0.1, 0.15) is 18.4 Å². The molecule has 3 aromatic heterocycles. The lowest BCUT2D eigenvalue weighted by molar-refractivity contribution is 0.563. The normalized spacial score (nSPS) is 13.7. The quantitative estimate of drug-likeness (QED) is 0.776. The van der Waals surface area contributed by atoms with Gasteiger partial charge in [-0.1, -0.05) is 0 Å². The molecule has 7 nitrogen and oxygen atoms in total. The van der Waals surface area contributed by atoms with Crippen molar-refractivity contribution >= 4 is 22.5 Å². The van der Waals surface area contributed by atoms with Crippen LogP contribution in [0.15, 0.2) is 30.7 Å². The van der Waals surface area contributed by atoms with Gasteiger partial charge < -0.3 is 5.32 Å². The number of anilines is 2. The minimum Gasteiger partial charge on any atom is -0.315 e. The molecule has 0 aromatic carbocycles. The Kier molecular flexibility index (Phi) is 3.48. The Hall–Kier alpha value is -2.79. The van der Waals surface area contributed by atoms with E-state index in [4.69, 9.17) is 5.26 Å². The predicted octanol–water partition coefficient (Wildman–Crippen LogP) is 2.82. The van der Waals surface area contributed by atoms with Crippen LogP contribution in [0.4, 0.5) is 10.9 Å². The van der Waals surface area contributed by atoms with Crippen molar-refractivity contribution in [3.8, 4) is 17.5 Å². The van der Waals surface area contributed by atoms with E-state index in [2.05, 4.69) is 24.8 Å². The highest BCUT2D eigenvalue weighted by Crippen LogP contribution is 2.31. The zero-order valence-electron chi connectivity index (χ0n) is 12.2. The zero-order valence-corrected chi connectivity index (χ0v) is 13.0. The first kappa shape index (κ1) is 13.8. The van der Waals surface area contributed by atoms with Gasteiger partial charge in [0, 0.05) is 30.5 Å². The van der Waals surface area contributed by atoms with Gasteiger partial charge in [-0.3, -0.25) is 4.68 Å². The van der Waals surface area contributed by atoms with Crippen LogP contribution in [0.5, 0.6) is 0 Å². The summed E-state index contributed by atoms with van der Waals surface area (Å²) >= 11 is 1.27. The first-order valence-electron chi connectivity index (χ1n) is 7.30. The molecule has 3 aromatic rings. The Morgan fingerprint density at radius 1 is 1.35 bits per heavy atom. The van der Waals surface area contributed by atoms with Crippen LogP contribution in [0.3, 0.4) is 0 Å². The minimum absolute atomic E-state index is 0.525. The Balaban J connectivity index is 1.47. The number of rotatable bonds is 5. The summed E-state index contributed by atoms with van der Waals surface area (Å²) in [6.45, 7) is 0.977. The van der Waals surface area contributed by atoms with Gasteiger partial charge in [-0.2, -0.15) is 19.7 Å². The fourth-order valence-electron chi connectivity index (χ4n) is 2.18. The SMILES string of the molecule is N#Cc1ccc(Nc2nc(-c3cnn(CC4CC4)c3)ns2)nc1. The molecule has 1 aliphatic carbocycles. The van der Waals surface area contributed by atoms with Gasteiger partial charge in [-0.05, 0) is 30.9 Å². The van der Waals surface area contributed by atoms with Crippen LogP contribution in [0, 0.1) is 17.2 Å². The van der Waals surface area contributed by atoms with E-state index in [1.165, 1.54) is 30.6 Å². The van der Waals surface area contributed by atoms with Gasteiger partial charge in [0.2, 0.25) is 5.13 Å². The lowest BCUT2D eigenvalue weighted by atomic mass is 10.3. The molecule has 3 heterocycles. The summed E-state index contributed by atoms with van der Waals surface area (Å²) in [5.41, 5.74) is 1.44. The fraction of sp³-hybridized carbons (Fsp3) is 0.267. The molecule has 0 spiro atoms. The van der Waals surface area contributed by atoms with E-state index in [0.717, 1.165) is 18.0 Å². The van der Waals surface area contributed by atoms with E-state index in [1.807, 2.05) is 16.9 Å². The number of nitrogens with zero attached hydrogens (tertiary/aromatic N) is 6. The molecule has 0 bridgehead atoms. The van der Waals surface area contributed by atoms with Gasteiger partial charge in [0.25, 0.3) is 0 Å². The lowest BCUT2D eigenvalue weighted by Crippen LogP contribution is -1.99. The van der Waals surface area contributed by atoms with Gasteiger partial charge >= 0.3 is 0 Å². The average molecular weight is 323 g/mol. The van der Waals surface area contributed by atoms with Crippen molar-refractivity contribution in [3.63, 3.8) is 0 Å². The zero-order chi connectivity index (χ0) is 15.6. The monoisotopic (exact) mass is 323 g/mol. The van der Waals surface area contributed by atoms with E-state index in [9.17, 15) is 0 Å². The molecule has 0 atom stereocenters. The third-order valence-electron chi connectivity index (χ3n) is 3.59. The molecule has 0 unspecified atom stereocenters. The van der Waals surface area contributed by atoms with Crippen molar-refractivity contribution in [2.75, 3.05) is 5.32 Å². The van der Waals surface area contributed by atoms with E-state index < -0.39 is 0 Å². The third-order valence-corrected chi connectivity index (χ3v) is 4.22. The van der Waals surface area contributed by atoms with Crippen LogP contribution in [-0.4, -0.2) is 24.1 Å². The third kappa shape index (κ3) is 3.19. The molecule has 0 saturated heterocycles. The molecule has 0 amide bonds. The molecule has 114 valence electrons. The summed E-state index contributed by atoms with van der Waals surface area (Å²) < 4.78 is 6.32. The summed E-state index contributed by atoms with van der Waals surface area (Å²) in [5, 5.41) is 16.9. The molecule has 0 radical (unpaired) electrons. The molecule has 4 rings (SSSR count). The molecular weight excluding hydrogens is 310 g/mol. The van der Waals surface area contributed by atoms with Crippen molar-refractivity contribution < 1.29 is 0 Å². The number of hydrogen-bond acceptors (Lipinski definition) is 7. The van der Waals surface area contributed by atoms with E-state index >= 15 is 0 Å². The Morgan fingerprint density at radius 2 is 2.26 bits per heavy atom. The largest absolute Gasteiger partial charge is 0.315 e. The highest BCUT2D eigenvalue weighted by molar-refractivity contribution is 7.09. The maximum atomic E-state index is 8.77. The van der Waals surface area contributed by atoms with Gasteiger partial charge in [0.15, 0.2) is 5.82 Å². The highest BCUT2D eigenvalue weighted by Gasteiger charge is 2.22. The highest BCUT2D eigenvalue weighted by atomic mass is 32.1. The first-order chi connectivity index (χ1) is 11.3. The van der Waals surface area contributed by atoms with Gasteiger partial charge in [-0.25, -0.2) is 4.98 Å². The number of pyridine rings is 1. The van der Waals surface area contributed by atoms with Crippen LogP contribution in [-0.2, 0) is 6.54 Å². The average Bonchev–Trinajstić information content (AvgIpc) is 3.07. The van der Waals surface area contributed by atoms with Crippen LogP contribution in [0.2, 0.25) is 0 Å². The van der Waals surface area contributed by atoms with Crippen LogP contribution < -0.4 is 5.32 Å². The Labute approximate surface area is 136 Å². The van der Waals surface area contributed by atoms with Crippen molar-refractivity contribution in [3.05, 3.63) is 36.3 Å². The Morgan fingerprint density at radius 3 is 3.00 bits per heavy atom. The van der Waals surface area contributed by atoms with Gasteiger partial charge in [0.1, 0.15) is 11.9 Å². The molecule has 1 aliphatic rings. The summed E-state index contributed by atoms with van der Waals surface area (Å²) in [6, 6.07) is 5.49. The molecule has 1 N–H and O–H groups in total. The van der Waals surface area contributed by atoms with Crippen molar-refractivity contribution in [1.29, 1.82) is 5.26 Å². The maximum absolute atomic E-state index is 8.77.